The van der Waals surface area contributed by atoms with E-state index in [2.05, 4.69) is 62.4 Å². The number of ether oxygens (including phenoxy) is 2. The SMILES string of the molecule is CCCCCCCCCCCCCC(CC)CCC(c1ccc(Oc2ccc(N)cc2)cc1)c1ccc(Oc2ccc(N)cc2)cc1. The molecule has 1 atom stereocenters. The van der Waals surface area contributed by atoms with Gasteiger partial charge in [0.15, 0.2) is 0 Å². The molecule has 4 N–H and O–H groups in total. The summed E-state index contributed by atoms with van der Waals surface area (Å²) in [5.41, 5.74) is 15.8. The van der Waals surface area contributed by atoms with Crippen molar-refractivity contribution in [3.05, 3.63) is 108 Å². The minimum atomic E-state index is 0.303. The lowest BCUT2D eigenvalue weighted by Crippen LogP contribution is -2.06. The molecule has 0 aliphatic rings. The molecule has 47 heavy (non-hydrogen) atoms. The van der Waals surface area contributed by atoms with Crippen LogP contribution in [0.5, 0.6) is 23.0 Å². The van der Waals surface area contributed by atoms with Crippen LogP contribution in [-0.2, 0) is 0 Å². The van der Waals surface area contributed by atoms with Crippen molar-refractivity contribution in [1.82, 2.24) is 0 Å². The van der Waals surface area contributed by atoms with Crippen molar-refractivity contribution in [2.24, 2.45) is 5.92 Å². The average Bonchev–Trinajstić information content (AvgIpc) is 3.09. The minimum absolute atomic E-state index is 0.303. The zero-order chi connectivity index (χ0) is 33.1. The Balaban J connectivity index is 1.33. The van der Waals surface area contributed by atoms with Crippen molar-refractivity contribution in [2.45, 2.75) is 116 Å². The highest BCUT2D eigenvalue weighted by molar-refractivity contribution is 5.45. The summed E-state index contributed by atoms with van der Waals surface area (Å²) in [4.78, 5) is 0. The van der Waals surface area contributed by atoms with Crippen LogP contribution in [0.25, 0.3) is 0 Å². The first kappa shape index (κ1) is 35.9. The number of nitrogens with two attached hydrogens (primary N) is 2. The van der Waals surface area contributed by atoms with E-state index in [-0.39, 0.29) is 0 Å². The molecule has 0 aromatic heterocycles. The minimum Gasteiger partial charge on any atom is -0.457 e. The quantitative estimate of drug-likeness (QED) is 0.0666. The summed E-state index contributed by atoms with van der Waals surface area (Å²) in [6, 6.07) is 32.3. The first-order chi connectivity index (χ1) is 23.0. The Morgan fingerprint density at radius 3 is 1.17 bits per heavy atom. The molecule has 4 aromatic rings. The first-order valence-electron chi connectivity index (χ1n) is 18.3. The largest absolute Gasteiger partial charge is 0.457 e. The number of unbranched alkanes of at least 4 members (excludes halogenated alkanes) is 10. The Kier molecular flexibility index (Phi) is 15.6. The molecule has 4 heteroatoms. The first-order valence-corrected chi connectivity index (χ1v) is 18.3. The maximum absolute atomic E-state index is 6.09. The third-order valence-electron chi connectivity index (χ3n) is 9.45. The molecule has 0 heterocycles. The zero-order valence-electron chi connectivity index (χ0n) is 29.0. The molecule has 0 bridgehead atoms. The van der Waals surface area contributed by atoms with Gasteiger partial charge in [0.2, 0.25) is 0 Å². The van der Waals surface area contributed by atoms with Gasteiger partial charge in [-0.1, -0.05) is 122 Å². The Bertz CT molecular complexity index is 1290. The number of benzene rings is 4. The van der Waals surface area contributed by atoms with Gasteiger partial charge in [0.05, 0.1) is 0 Å². The molecule has 0 fully saturated rings. The van der Waals surface area contributed by atoms with Crippen LogP contribution in [0.3, 0.4) is 0 Å². The van der Waals surface area contributed by atoms with Crippen molar-refractivity contribution < 1.29 is 9.47 Å². The normalized spacial score (nSPS) is 11.9. The van der Waals surface area contributed by atoms with Crippen LogP contribution in [0.4, 0.5) is 11.4 Å². The lowest BCUT2D eigenvalue weighted by Gasteiger charge is -2.22. The number of hydrogen-bond acceptors (Lipinski definition) is 4. The number of anilines is 2. The molecule has 4 rings (SSSR count). The Labute approximate surface area is 284 Å². The summed E-state index contributed by atoms with van der Waals surface area (Å²) in [5, 5.41) is 0. The predicted molar refractivity (Wildman–Crippen MR) is 201 cm³/mol. The van der Waals surface area contributed by atoms with Crippen molar-refractivity contribution in [2.75, 3.05) is 11.5 Å². The van der Waals surface area contributed by atoms with Gasteiger partial charge in [-0.15, -0.1) is 0 Å². The summed E-state index contributed by atoms with van der Waals surface area (Å²) >= 11 is 0. The van der Waals surface area contributed by atoms with Crippen LogP contribution >= 0.6 is 0 Å². The van der Waals surface area contributed by atoms with E-state index in [4.69, 9.17) is 20.9 Å². The van der Waals surface area contributed by atoms with E-state index in [1.54, 1.807) is 0 Å². The highest BCUT2D eigenvalue weighted by atomic mass is 16.5. The summed E-state index contributed by atoms with van der Waals surface area (Å²) in [6.45, 7) is 4.66. The molecule has 0 saturated carbocycles. The highest BCUT2D eigenvalue weighted by Gasteiger charge is 2.18. The van der Waals surface area contributed by atoms with Gasteiger partial charge in [-0.05, 0) is 103 Å². The van der Waals surface area contributed by atoms with Gasteiger partial charge in [-0.2, -0.15) is 0 Å². The van der Waals surface area contributed by atoms with Crippen LogP contribution in [0.2, 0.25) is 0 Å². The van der Waals surface area contributed by atoms with E-state index in [1.807, 2.05) is 48.5 Å². The van der Waals surface area contributed by atoms with Crippen LogP contribution in [0.1, 0.15) is 127 Å². The van der Waals surface area contributed by atoms with Crippen LogP contribution < -0.4 is 20.9 Å². The molecule has 0 amide bonds. The molecule has 4 aromatic carbocycles. The van der Waals surface area contributed by atoms with Gasteiger partial charge < -0.3 is 20.9 Å². The maximum Gasteiger partial charge on any atom is 0.127 e. The third kappa shape index (κ3) is 13.0. The van der Waals surface area contributed by atoms with E-state index in [9.17, 15) is 0 Å². The molecule has 4 nitrogen and oxygen atoms in total. The molecule has 0 saturated heterocycles. The molecule has 1 unspecified atom stereocenters. The Morgan fingerprint density at radius 1 is 0.426 bits per heavy atom. The van der Waals surface area contributed by atoms with Gasteiger partial charge in [0.25, 0.3) is 0 Å². The topological polar surface area (TPSA) is 70.5 Å². The van der Waals surface area contributed by atoms with Crippen molar-refractivity contribution >= 4 is 11.4 Å². The van der Waals surface area contributed by atoms with Gasteiger partial charge >= 0.3 is 0 Å². The number of hydrogen-bond donors (Lipinski definition) is 2. The molecule has 0 spiro atoms. The second-order valence-electron chi connectivity index (χ2n) is 13.2. The van der Waals surface area contributed by atoms with E-state index in [0.29, 0.717) is 5.92 Å². The fourth-order valence-electron chi connectivity index (χ4n) is 6.46. The van der Waals surface area contributed by atoms with E-state index in [0.717, 1.165) is 46.7 Å². The fourth-order valence-corrected chi connectivity index (χ4v) is 6.46. The average molecular weight is 635 g/mol. The molecule has 252 valence electrons. The Hall–Kier alpha value is -3.92. The molecular weight excluding hydrogens is 576 g/mol. The number of rotatable bonds is 22. The van der Waals surface area contributed by atoms with Gasteiger partial charge in [-0.3, -0.25) is 0 Å². The second-order valence-corrected chi connectivity index (χ2v) is 13.2. The summed E-state index contributed by atoms with van der Waals surface area (Å²) in [6.07, 6.45) is 20.3. The predicted octanol–water partition coefficient (Wildman–Crippen LogP) is 13.1. The summed E-state index contributed by atoms with van der Waals surface area (Å²) < 4.78 is 12.2. The summed E-state index contributed by atoms with van der Waals surface area (Å²) in [7, 11) is 0. The van der Waals surface area contributed by atoms with Crippen LogP contribution in [0, 0.1) is 5.92 Å². The van der Waals surface area contributed by atoms with Crippen molar-refractivity contribution in [1.29, 1.82) is 0 Å². The van der Waals surface area contributed by atoms with Crippen molar-refractivity contribution in [3.8, 4) is 23.0 Å². The smallest absolute Gasteiger partial charge is 0.127 e. The lowest BCUT2D eigenvalue weighted by atomic mass is 9.83. The summed E-state index contributed by atoms with van der Waals surface area (Å²) in [5.74, 6) is 4.29. The van der Waals surface area contributed by atoms with Gasteiger partial charge in [0, 0.05) is 17.3 Å². The van der Waals surface area contributed by atoms with Crippen LogP contribution in [-0.4, -0.2) is 0 Å². The molecule has 0 aliphatic carbocycles. The maximum atomic E-state index is 6.09. The molecule has 0 radical (unpaired) electrons. The molecule has 0 aliphatic heterocycles. The second kappa shape index (κ2) is 20.3. The molecular formula is C43H58N2O2. The fraction of sp³-hybridized carbons (Fsp3) is 0.442. The van der Waals surface area contributed by atoms with Gasteiger partial charge in [0.1, 0.15) is 23.0 Å². The monoisotopic (exact) mass is 634 g/mol. The standard InChI is InChI=1S/C43H58N2O2/c1-3-5-6-7-8-9-10-11-12-13-14-15-34(4-2)16-33-43(35-17-25-39(26-18-35)46-41-29-21-37(44)22-30-41)36-19-27-40(28-20-36)47-42-31-23-38(45)24-32-42/h17-32,34,43H,3-16,33,44-45H2,1-2H3. The lowest BCUT2D eigenvalue weighted by molar-refractivity contribution is 0.393. The van der Waals surface area contributed by atoms with Gasteiger partial charge in [-0.25, -0.2) is 0 Å². The third-order valence-corrected chi connectivity index (χ3v) is 9.45. The van der Waals surface area contributed by atoms with E-state index < -0.39 is 0 Å². The number of nitrogen functional groups attached to an aromatic ring is 2. The Morgan fingerprint density at radius 2 is 0.787 bits per heavy atom. The van der Waals surface area contributed by atoms with Crippen molar-refractivity contribution in [3.63, 3.8) is 0 Å². The highest BCUT2D eigenvalue weighted by Crippen LogP contribution is 2.35. The zero-order valence-corrected chi connectivity index (χ0v) is 29.0. The van der Waals surface area contributed by atoms with E-state index in [1.165, 1.54) is 101 Å². The van der Waals surface area contributed by atoms with Crippen LogP contribution in [0.15, 0.2) is 97.1 Å². The van der Waals surface area contributed by atoms with E-state index >= 15 is 0 Å².